The minimum absolute atomic E-state index is 0. The predicted molar refractivity (Wildman–Crippen MR) is 144 cm³/mol. The van der Waals surface area contributed by atoms with Gasteiger partial charge in [0.25, 0.3) is 0 Å². The fourth-order valence-electron chi connectivity index (χ4n) is 6.23. The molecule has 3 aliphatic rings. The molecule has 200 valence electrons. The van der Waals surface area contributed by atoms with Gasteiger partial charge in [-0.3, -0.25) is 14.6 Å². The van der Waals surface area contributed by atoms with Crippen molar-refractivity contribution in [3.63, 3.8) is 0 Å². The van der Waals surface area contributed by atoms with E-state index < -0.39 is 0 Å². The van der Waals surface area contributed by atoms with E-state index in [2.05, 4.69) is 27.3 Å². The summed E-state index contributed by atoms with van der Waals surface area (Å²) in [4.78, 5) is 34.9. The number of likely N-dealkylation sites (tertiary alicyclic amines) is 2. The zero-order chi connectivity index (χ0) is 25.0. The highest BCUT2D eigenvalue weighted by molar-refractivity contribution is 5.85. The Labute approximate surface area is 221 Å². The standard InChI is InChI=1S/C29H38N4O3.CH4/c34-25-9-8-24(19-25)27(35)31-26(23-6-2-1-3-7-23)10-15-32-16-11-29(12-17-32)13-18-33(28(29)36)21-22-5-4-14-30-20-22;/h1-7,14,20,24-26,34H,8-13,15-19,21H2,(H,31,35);1H4/t24?,25?,26-;/m0./s1. The van der Waals surface area contributed by atoms with E-state index >= 15 is 0 Å². The number of aliphatic hydroxyl groups excluding tert-OH is 1. The molecule has 2 N–H and O–H groups in total. The Morgan fingerprint density at radius 1 is 1.08 bits per heavy atom. The predicted octanol–water partition coefficient (Wildman–Crippen LogP) is 3.94. The summed E-state index contributed by atoms with van der Waals surface area (Å²) in [5, 5.41) is 13.1. The highest BCUT2D eigenvalue weighted by Gasteiger charge is 2.47. The molecule has 1 aromatic heterocycles. The third-order valence-corrected chi connectivity index (χ3v) is 8.54. The Balaban J connectivity index is 0.00000320. The van der Waals surface area contributed by atoms with E-state index in [-0.39, 0.29) is 36.8 Å². The molecule has 3 heterocycles. The second kappa shape index (κ2) is 12.2. The topological polar surface area (TPSA) is 85.8 Å². The molecule has 2 unspecified atom stereocenters. The number of rotatable bonds is 8. The largest absolute Gasteiger partial charge is 0.393 e. The Morgan fingerprint density at radius 2 is 1.84 bits per heavy atom. The van der Waals surface area contributed by atoms with Gasteiger partial charge in [-0.15, -0.1) is 0 Å². The van der Waals surface area contributed by atoms with Crippen LogP contribution in [0.15, 0.2) is 54.9 Å². The first kappa shape index (κ1) is 27.3. The van der Waals surface area contributed by atoms with Crippen molar-refractivity contribution in [2.45, 2.75) is 71.1 Å². The van der Waals surface area contributed by atoms with Crippen molar-refractivity contribution >= 4 is 11.8 Å². The molecule has 3 atom stereocenters. The van der Waals surface area contributed by atoms with E-state index in [0.717, 1.165) is 69.4 Å². The number of amides is 2. The summed E-state index contributed by atoms with van der Waals surface area (Å²) in [5.74, 6) is 0.270. The van der Waals surface area contributed by atoms with E-state index in [1.54, 1.807) is 6.20 Å². The van der Waals surface area contributed by atoms with Gasteiger partial charge < -0.3 is 20.2 Å². The van der Waals surface area contributed by atoms with Crippen LogP contribution in [0.1, 0.15) is 69.5 Å². The molecule has 5 rings (SSSR count). The van der Waals surface area contributed by atoms with Crippen molar-refractivity contribution in [3.8, 4) is 0 Å². The van der Waals surface area contributed by atoms with Crippen molar-refractivity contribution in [1.29, 1.82) is 0 Å². The Morgan fingerprint density at radius 3 is 2.51 bits per heavy atom. The molecular weight excluding hydrogens is 464 g/mol. The van der Waals surface area contributed by atoms with Crippen LogP contribution in [0.25, 0.3) is 0 Å². The van der Waals surface area contributed by atoms with E-state index in [9.17, 15) is 14.7 Å². The first-order chi connectivity index (χ1) is 17.5. The van der Waals surface area contributed by atoms with E-state index in [4.69, 9.17) is 0 Å². The Hall–Kier alpha value is -2.77. The summed E-state index contributed by atoms with van der Waals surface area (Å²) in [6, 6.07) is 14.1. The maximum Gasteiger partial charge on any atom is 0.229 e. The van der Waals surface area contributed by atoms with Gasteiger partial charge in [-0.05, 0) is 75.2 Å². The van der Waals surface area contributed by atoms with Gasteiger partial charge >= 0.3 is 0 Å². The zero-order valence-corrected chi connectivity index (χ0v) is 21.0. The second-order valence-corrected chi connectivity index (χ2v) is 10.9. The van der Waals surface area contributed by atoms with Gasteiger partial charge in [-0.2, -0.15) is 0 Å². The first-order valence-electron chi connectivity index (χ1n) is 13.5. The number of benzene rings is 1. The lowest BCUT2D eigenvalue weighted by atomic mass is 9.77. The van der Waals surface area contributed by atoms with Crippen molar-refractivity contribution in [1.82, 2.24) is 20.1 Å². The molecule has 1 aliphatic carbocycles. The van der Waals surface area contributed by atoms with Crippen LogP contribution in [0.2, 0.25) is 0 Å². The molecule has 2 saturated heterocycles. The average Bonchev–Trinajstić information content (AvgIpc) is 3.48. The summed E-state index contributed by atoms with van der Waals surface area (Å²) in [7, 11) is 0. The van der Waals surface area contributed by atoms with Gasteiger partial charge in [0.05, 0.1) is 17.6 Å². The highest BCUT2D eigenvalue weighted by Crippen LogP contribution is 2.42. The highest BCUT2D eigenvalue weighted by atomic mass is 16.3. The third kappa shape index (κ3) is 6.39. The smallest absolute Gasteiger partial charge is 0.229 e. The quantitative estimate of drug-likeness (QED) is 0.567. The van der Waals surface area contributed by atoms with Gasteiger partial charge in [0, 0.05) is 37.9 Å². The van der Waals surface area contributed by atoms with Crippen LogP contribution in [0.5, 0.6) is 0 Å². The number of hydrogen-bond acceptors (Lipinski definition) is 5. The molecule has 37 heavy (non-hydrogen) atoms. The van der Waals surface area contributed by atoms with Crippen LogP contribution in [-0.4, -0.2) is 64.0 Å². The summed E-state index contributed by atoms with van der Waals surface area (Å²) in [6.07, 6.45) is 8.86. The number of carbonyl (C=O) groups excluding carboxylic acids is 2. The number of aliphatic hydroxyl groups is 1. The first-order valence-corrected chi connectivity index (χ1v) is 13.5. The summed E-state index contributed by atoms with van der Waals surface area (Å²) in [6.45, 7) is 4.19. The maximum atomic E-state index is 13.3. The molecule has 7 nitrogen and oxygen atoms in total. The molecule has 3 fully saturated rings. The molecule has 2 aromatic rings. The van der Waals surface area contributed by atoms with E-state index in [1.165, 1.54) is 0 Å². The van der Waals surface area contributed by atoms with Gasteiger partial charge in [-0.1, -0.05) is 43.8 Å². The van der Waals surface area contributed by atoms with Crippen LogP contribution in [0.4, 0.5) is 0 Å². The number of pyridine rings is 1. The monoisotopic (exact) mass is 506 g/mol. The Kier molecular flexibility index (Phi) is 8.98. The van der Waals surface area contributed by atoms with E-state index in [0.29, 0.717) is 25.3 Å². The Bertz CT molecular complexity index is 1020. The normalized spacial score (nSPS) is 24.1. The summed E-state index contributed by atoms with van der Waals surface area (Å²) < 4.78 is 0. The number of hydrogen-bond donors (Lipinski definition) is 2. The molecule has 2 aliphatic heterocycles. The molecule has 0 bridgehead atoms. The molecular formula is C30H42N4O3. The zero-order valence-electron chi connectivity index (χ0n) is 21.0. The number of aromatic nitrogens is 1. The van der Waals surface area contributed by atoms with Crippen LogP contribution in [-0.2, 0) is 16.1 Å². The molecule has 1 spiro atoms. The molecule has 1 saturated carbocycles. The summed E-state index contributed by atoms with van der Waals surface area (Å²) >= 11 is 0. The van der Waals surface area contributed by atoms with Crippen molar-refractivity contribution < 1.29 is 14.7 Å². The average molecular weight is 507 g/mol. The van der Waals surface area contributed by atoms with E-state index in [1.807, 2.05) is 41.4 Å². The van der Waals surface area contributed by atoms with Crippen LogP contribution >= 0.6 is 0 Å². The fourth-order valence-corrected chi connectivity index (χ4v) is 6.23. The number of piperidine rings is 1. The van der Waals surface area contributed by atoms with Crippen molar-refractivity contribution in [2.75, 3.05) is 26.2 Å². The van der Waals surface area contributed by atoms with Crippen LogP contribution < -0.4 is 5.32 Å². The van der Waals surface area contributed by atoms with Crippen LogP contribution in [0, 0.1) is 11.3 Å². The van der Waals surface area contributed by atoms with Crippen molar-refractivity contribution in [2.24, 2.45) is 11.3 Å². The minimum atomic E-state index is -0.352. The SMILES string of the molecule is C.O=C(N[C@@H](CCN1CCC2(CC1)CCN(Cc1cccnc1)C2=O)c1ccccc1)C1CCC(O)C1. The van der Waals surface area contributed by atoms with Gasteiger partial charge in [0.15, 0.2) is 0 Å². The second-order valence-electron chi connectivity index (χ2n) is 10.9. The molecule has 7 heteroatoms. The summed E-state index contributed by atoms with van der Waals surface area (Å²) in [5.41, 5.74) is 1.99. The number of carbonyl (C=O) groups is 2. The van der Waals surface area contributed by atoms with Crippen molar-refractivity contribution in [3.05, 3.63) is 66.0 Å². The van der Waals surface area contributed by atoms with Gasteiger partial charge in [0.1, 0.15) is 0 Å². The number of nitrogens with zero attached hydrogens (tertiary/aromatic N) is 3. The molecule has 2 amide bonds. The lowest BCUT2D eigenvalue weighted by molar-refractivity contribution is -0.139. The molecule has 1 aromatic carbocycles. The van der Waals surface area contributed by atoms with Crippen LogP contribution in [0.3, 0.4) is 0 Å². The van der Waals surface area contributed by atoms with Gasteiger partial charge in [0.2, 0.25) is 11.8 Å². The lowest BCUT2D eigenvalue weighted by Crippen LogP contribution is -2.45. The van der Waals surface area contributed by atoms with Gasteiger partial charge in [-0.25, -0.2) is 0 Å². The fraction of sp³-hybridized carbons (Fsp3) is 0.567. The third-order valence-electron chi connectivity index (χ3n) is 8.54. The molecule has 0 radical (unpaired) electrons. The maximum absolute atomic E-state index is 13.3. The minimum Gasteiger partial charge on any atom is -0.393 e. The number of nitrogens with one attached hydrogen (secondary N) is 1. The lowest BCUT2D eigenvalue weighted by Gasteiger charge is -2.38.